The molecule has 0 saturated carbocycles. The van der Waals surface area contributed by atoms with Crippen LogP contribution < -0.4 is 11.1 Å². The summed E-state index contributed by atoms with van der Waals surface area (Å²) < 4.78 is 0. The van der Waals surface area contributed by atoms with Crippen LogP contribution in [0.4, 0.5) is 11.4 Å². The van der Waals surface area contributed by atoms with Gasteiger partial charge in [0.25, 0.3) is 0 Å². The molecule has 24 heavy (non-hydrogen) atoms. The van der Waals surface area contributed by atoms with Crippen LogP contribution in [0.25, 0.3) is 0 Å². The van der Waals surface area contributed by atoms with Gasteiger partial charge in [0.15, 0.2) is 0 Å². The van der Waals surface area contributed by atoms with Crippen LogP contribution in [0.1, 0.15) is 30.7 Å². The van der Waals surface area contributed by atoms with Gasteiger partial charge in [-0.15, -0.1) is 0 Å². The van der Waals surface area contributed by atoms with Crippen LogP contribution in [0.2, 0.25) is 10.0 Å². The van der Waals surface area contributed by atoms with Crippen LogP contribution in [0.15, 0.2) is 42.5 Å². The number of carbonyl (C=O) groups excluding carboxylic acids is 1. The third kappa shape index (κ3) is 4.88. The largest absolute Gasteiger partial charge is 0.369 e. The molecule has 1 atom stereocenters. The zero-order chi connectivity index (χ0) is 17.5. The van der Waals surface area contributed by atoms with Gasteiger partial charge in [-0.1, -0.05) is 69.8 Å². The highest BCUT2D eigenvalue weighted by Gasteiger charge is 2.21. The molecule has 0 heterocycles. The quantitative estimate of drug-likeness (QED) is 0.407. The van der Waals surface area contributed by atoms with Crippen LogP contribution in [-0.2, 0) is 4.79 Å². The highest BCUT2D eigenvalue weighted by atomic mass is 79.9. The Bertz CT molecular complexity index is 689. The monoisotopic (exact) mass is 428 g/mol. The number of para-hydroxylation sites is 2. The van der Waals surface area contributed by atoms with Crippen molar-refractivity contribution in [2.75, 3.05) is 10.6 Å². The van der Waals surface area contributed by atoms with Gasteiger partial charge in [-0.05, 0) is 36.6 Å². The van der Waals surface area contributed by atoms with Crippen LogP contribution in [0, 0.1) is 0 Å². The number of primary amides is 1. The molecule has 0 aromatic heterocycles. The number of hydrogen-bond donors (Lipinski definition) is 2. The maximum absolute atomic E-state index is 12.0. The van der Waals surface area contributed by atoms with E-state index in [1.165, 1.54) is 0 Å². The molecule has 2 aromatic rings. The first-order chi connectivity index (χ1) is 11.5. The maximum atomic E-state index is 12.0. The van der Waals surface area contributed by atoms with Gasteiger partial charge in [0.1, 0.15) is 0 Å². The second-order valence-corrected chi connectivity index (χ2v) is 7.06. The summed E-state index contributed by atoms with van der Waals surface area (Å²) >= 11 is 15.9. The summed E-state index contributed by atoms with van der Waals surface area (Å²) in [4.78, 5) is 12.0. The van der Waals surface area contributed by atoms with Gasteiger partial charge in [-0.3, -0.25) is 4.79 Å². The fourth-order valence-electron chi connectivity index (χ4n) is 2.56. The zero-order valence-electron chi connectivity index (χ0n) is 13.1. The highest BCUT2D eigenvalue weighted by Crippen LogP contribution is 2.36. The number of hydrogen-bond acceptors (Lipinski definition) is 2. The third-order valence-corrected chi connectivity index (χ3v) is 4.97. The van der Waals surface area contributed by atoms with Gasteiger partial charge >= 0.3 is 0 Å². The van der Waals surface area contributed by atoms with Gasteiger partial charge in [-0.2, -0.15) is 0 Å². The van der Waals surface area contributed by atoms with Crippen molar-refractivity contribution in [3.05, 3.63) is 58.1 Å². The van der Waals surface area contributed by atoms with Crippen molar-refractivity contribution in [3.8, 4) is 0 Å². The number of benzene rings is 2. The molecule has 0 aliphatic rings. The summed E-state index contributed by atoms with van der Waals surface area (Å²) in [6.45, 7) is 0. The minimum absolute atomic E-state index is 0.330. The first kappa shape index (κ1) is 19.1. The first-order valence-corrected chi connectivity index (χ1v) is 9.57. The second-order valence-electron chi connectivity index (χ2n) is 5.45. The van der Waals surface area contributed by atoms with Crippen molar-refractivity contribution < 1.29 is 4.79 Å². The number of alkyl halides is 1. The number of nitrogens with one attached hydrogen (secondary N) is 1. The van der Waals surface area contributed by atoms with E-state index in [9.17, 15) is 4.79 Å². The fourth-order valence-corrected chi connectivity index (χ4v) is 3.45. The molecule has 0 aliphatic carbocycles. The normalized spacial score (nSPS) is 12.0. The Morgan fingerprint density at radius 3 is 2.38 bits per heavy atom. The second kappa shape index (κ2) is 9.30. The molecular weight excluding hydrogens is 411 g/mol. The van der Waals surface area contributed by atoms with Gasteiger partial charge in [0.2, 0.25) is 5.91 Å². The van der Waals surface area contributed by atoms with E-state index in [-0.39, 0.29) is 11.8 Å². The Morgan fingerprint density at radius 2 is 1.75 bits per heavy atom. The summed E-state index contributed by atoms with van der Waals surface area (Å²) in [5, 5.41) is 5.21. The minimum Gasteiger partial charge on any atom is -0.369 e. The van der Waals surface area contributed by atoms with E-state index < -0.39 is 0 Å². The van der Waals surface area contributed by atoms with Gasteiger partial charge in [-0.25, -0.2) is 0 Å². The number of anilines is 2. The Balaban J connectivity index is 2.33. The molecular formula is C18H19BrCl2N2O. The Labute approximate surface area is 160 Å². The average molecular weight is 430 g/mol. The molecule has 6 heteroatoms. The SMILES string of the molecule is NC(=O)C(CCCCBr)c1ccccc1Nc1c(Cl)cccc1Cl. The predicted octanol–water partition coefficient (Wildman–Crippen LogP) is 5.87. The lowest BCUT2D eigenvalue weighted by atomic mass is 9.91. The Morgan fingerprint density at radius 1 is 1.08 bits per heavy atom. The van der Waals surface area contributed by atoms with Crippen LogP contribution in [0.5, 0.6) is 0 Å². The molecule has 1 unspecified atom stereocenters. The van der Waals surface area contributed by atoms with Crippen molar-refractivity contribution in [3.63, 3.8) is 0 Å². The topological polar surface area (TPSA) is 55.1 Å². The molecule has 3 N–H and O–H groups in total. The first-order valence-electron chi connectivity index (χ1n) is 7.69. The molecule has 0 bridgehead atoms. The molecule has 0 radical (unpaired) electrons. The van der Waals surface area contributed by atoms with Gasteiger partial charge < -0.3 is 11.1 Å². The van der Waals surface area contributed by atoms with E-state index in [1.54, 1.807) is 18.2 Å². The molecule has 2 rings (SSSR count). The molecule has 0 aliphatic heterocycles. The van der Waals surface area contributed by atoms with E-state index >= 15 is 0 Å². The smallest absolute Gasteiger partial charge is 0.225 e. The predicted molar refractivity (Wildman–Crippen MR) is 106 cm³/mol. The number of amides is 1. The van der Waals surface area contributed by atoms with Gasteiger partial charge in [0, 0.05) is 11.0 Å². The number of nitrogens with two attached hydrogens (primary N) is 1. The van der Waals surface area contributed by atoms with Crippen molar-refractivity contribution >= 4 is 56.4 Å². The standard InChI is InChI=1S/C18H19BrCl2N2O/c19-11-4-3-7-13(18(22)24)12-6-1-2-10-16(12)23-17-14(20)8-5-9-15(17)21/h1-2,5-6,8-10,13,23H,3-4,7,11H2,(H2,22,24). The summed E-state index contributed by atoms with van der Waals surface area (Å²) in [7, 11) is 0. The van der Waals surface area contributed by atoms with E-state index in [0.717, 1.165) is 29.4 Å². The molecule has 0 saturated heterocycles. The molecule has 0 spiro atoms. The lowest BCUT2D eigenvalue weighted by Gasteiger charge is -2.19. The van der Waals surface area contributed by atoms with E-state index in [1.807, 2.05) is 24.3 Å². The highest BCUT2D eigenvalue weighted by molar-refractivity contribution is 9.09. The number of halogens is 3. The molecule has 128 valence electrons. The van der Waals surface area contributed by atoms with E-state index in [4.69, 9.17) is 28.9 Å². The zero-order valence-corrected chi connectivity index (χ0v) is 16.2. The van der Waals surface area contributed by atoms with Crippen LogP contribution in [0.3, 0.4) is 0 Å². The Hall–Kier alpha value is -1.23. The molecule has 0 fully saturated rings. The van der Waals surface area contributed by atoms with Crippen molar-refractivity contribution in [2.24, 2.45) is 5.73 Å². The summed E-state index contributed by atoms with van der Waals surface area (Å²) in [5.41, 5.74) is 7.91. The number of carbonyl (C=O) groups is 1. The molecule has 3 nitrogen and oxygen atoms in total. The maximum Gasteiger partial charge on any atom is 0.225 e. The molecule has 1 amide bonds. The fraction of sp³-hybridized carbons (Fsp3) is 0.278. The lowest BCUT2D eigenvalue weighted by Crippen LogP contribution is -2.22. The number of rotatable bonds is 8. The van der Waals surface area contributed by atoms with Crippen LogP contribution in [-0.4, -0.2) is 11.2 Å². The van der Waals surface area contributed by atoms with E-state index in [2.05, 4.69) is 21.2 Å². The van der Waals surface area contributed by atoms with Crippen molar-refractivity contribution in [2.45, 2.75) is 25.2 Å². The third-order valence-electron chi connectivity index (χ3n) is 3.78. The lowest BCUT2D eigenvalue weighted by molar-refractivity contribution is -0.119. The van der Waals surface area contributed by atoms with E-state index in [0.29, 0.717) is 22.2 Å². The summed E-state index contributed by atoms with van der Waals surface area (Å²) in [5.74, 6) is -0.682. The Kier molecular flexibility index (Phi) is 7.40. The molecule has 2 aromatic carbocycles. The van der Waals surface area contributed by atoms with Crippen LogP contribution >= 0.6 is 39.1 Å². The summed E-state index contributed by atoms with van der Waals surface area (Å²) in [6, 6.07) is 12.9. The van der Waals surface area contributed by atoms with Gasteiger partial charge in [0.05, 0.1) is 21.7 Å². The summed E-state index contributed by atoms with van der Waals surface area (Å²) in [6.07, 6.45) is 2.62. The van der Waals surface area contributed by atoms with Crippen molar-refractivity contribution in [1.82, 2.24) is 0 Å². The average Bonchev–Trinajstić information content (AvgIpc) is 2.55. The number of unbranched alkanes of at least 4 members (excludes halogenated alkanes) is 1. The van der Waals surface area contributed by atoms with Crippen molar-refractivity contribution in [1.29, 1.82) is 0 Å². The minimum atomic E-state index is -0.353.